The van der Waals surface area contributed by atoms with Crippen LogP contribution in [0.4, 0.5) is 0 Å². The number of rotatable bonds is 3. The Balaban J connectivity index is 1.40. The van der Waals surface area contributed by atoms with E-state index in [1.807, 2.05) is 45.8 Å². The maximum absolute atomic E-state index is 13.2. The van der Waals surface area contributed by atoms with Crippen molar-refractivity contribution < 1.29 is 14.3 Å². The number of fused-ring (bicyclic) bond motifs is 1. The average molecular weight is 371 g/mol. The number of aromatic nitrogens is 1. The number of hydrogen-bond acceptors (Lipinski definition) is 5. The molecule has 3 fully saturated rings. The molecule has 4 atom stereocenters. The summed E-state index contributed by atoms with van der Waals surface area (Å²) in [5.41, 5.74) is 0.362. The number of hydrogen-bond donors (Lipinski definition) is 0. The van der Waals surface area contributed by atoms with Crippen molar-refractivity contribution in [3.05, 3.63) is 42.2 Å². The zero-order valence-electron chi connectivity index (χ0n) is 14.4. The molecule has 4 aliphatic rings. The predicted molar refractivity (Wildman–Crippen MR) is 97.3 cm³/mol. The fraction of sp³-hybridized carbons (Fsp3) is 0.526. The van der Waals surface area contributed by atoms with E-state index in [0.29, 0.717) is 13.1 Å². The Morgan fingerprint density at radius 1 is 1.38 bits per heavy atom. The van der Waals surface area contributed by atoms with Crippen LogP contribution >= 0.6 is 11.8 Å². The van der Waals surface area contributed by atoms with Crippen LogP contribution in [0.3, 0.4) is 0 Å². The average Bonchev–Trinajstić information content (AvgIpc) is 3.31. The second kappa shape index (κ2) is 6.09. The highest BCUT2D eigenvalue weighted by Gasteiger charge is 2.67. The van der Waals surface area contributed by atoms with Crippen molar-refractivity contribution in [3.8, 4) is 0 Å². The highest BCUT2D eigenvalue weighted by Crippen LogP contribution is 2.52. The van der Waals surface area contributed by atoms with E-state index in [0.717, 1.165) is 30.2 Å². The maximum atomic E-state index is 13.2. The number of likely N-dealkylation sites (tertiary alicyclic amines) is 1. The molecule has 2 amide bonds. The van der Waals surface area contributed by atoms with E-state index < -0.39 is 11.5 Å². The van der Waals surface area contributed by atoms with Crippen LogP contribution in [0.5, 0.6) is 0 Å². The third kappa shape index (κ3) is 2.41. The molecular formula is C19H21N3O3S. The molecule has 1 aromatic rings. The first-order valence-corrected chi connectivity index (χ1v) is 10.2. The van der Waals surface area contributed by atoms with Gasteiger partial charge >= 0.3 is 0 Å². The SMILES string of the molecule is O=C(C1C2C(=O)N(Cc3cccnc3)C[C@]23C=C[C@H]1O3)N1CCSCC1. The fourth-order valence-corrected chi connectivity index (χ4v) is 5.60. The summed E-state index contributed by atoms with van der Waals surface area (Å²) in [4.78, 5) is 34.2. The van der Waals surface area contributed by atoms with Crippen molar-refractivity contribution >= 4 is 23.6 Å². The van der Waals surface area contributed by atoms with Crippen molar-refractivity contribution in [2.75, 3.05) is 31.1 Å². The van der Waals surface area contributed by atoms with Crippen molar-refractivity contribution in [1.82, 2.24) is 14.8 Å². The summed E-state index contributed by atoms with van der Waals surface area (Å²) in [6, 6.07) is 3.84. The lowest BCUT2D eigenvalue weighted by atomic mass is 9.76. The van der Waals surface area contributed by atoms with E-state index in [9.17, 15) is 9.59 Å². The van der Waals surface area contributed by atoms with Crippen molar-refractivity contribution in [2.45, 2.75) is 18.2 Å². The normalized spacial score (nSPS) is 35.2. The molecule has 0 aliphatic carbocycles. The van der Waals surface area contributed by atoms with Gasteiger partial charge in [-0.1, -0.05) is 18.2 Å². The molecule has 0 N–H and O–H groups in total. The number of carbonyl (C=O) groups is 2. The lowest BCUT2D eigenvalue weighted by molar-refractivity contribution is -0.143. The van der Waals surface area contributed by atoms with Gasteiger partial charge in [0.1, 0.15) is 5.60 Å². The Morgan fingerprint density at radius 2 is 2.23 bits per heavy atom. The minimum atomic E-state index is -0.630. The predicted octanol–water partition coefficient (Wildman–Crippen LogP) is 0.939. The van der Waals surface area contributed by atoms with Crippen LogP contribution in [0, 0.1) is 11.8 Å². The molecule has 4 aliphatic heterocycles. The summed E-state index contributed by atoms with van der Waals surface area (Å²) in [6.45, 7) is 2.56. The van der Waals surface area contributed by atoms with Gasteiger partial charge in [-0.3, -0.25) is 14.6 Å². The lowest BCUT2D eigenvalue weighted by Gasteiger charge is -2.32. The number of thioether (sulfide) groups is 1. The minimum Gasteiger partial charge on any atom is -0.360 e. The number of amides is 2. The Hall–Kier alpha value is -1.86. The molecule has 5 heterocycles. The van der Waals surface area contributed by atoms with Crippen LogP contribution < -0.4 is 0 Å². The Labute approximate surface area is 156 Å². The number of pyridine rings is 1. The lowest BCUT2D eigenvalue weighted by Crippen LogP contribution is -2.48. The van der Waals surface area contributed by atoms with Crippen molar-refractivity contribution in [2.24, 2.45) is 11.8 Å². The quantitative estimate of drug-likeness (QED) is 0.740. The highest BCUT2D eigenvalue weighted by atomic mass is 32.2. The van der Waals surface area contributed by atoms with E-state index in [1.54, 1.807) is 12.4 Å². The molecule has 2 unspecified atom stereocenters. The molecule has 3 saturated heterocycles. The molecule has 136 valence electrons. The van der Waals surface area contributed by atoms with Gasteiger partial charge in [0.05, 0.1) is 24.5 Å². The van der Waals surface area contributed by atoms with Gasteiger partial charge < -0.3 is 14.5 Å². The Morgan fingerprint density at radius 3 is 3.00 bits per heavy atom. The third-order valence-electron chi connectivity index (χ3n) is 5.88. The molecule has 5 rings (SSSR count). The largest absolute Gasteiger partial charge is 0.360 e. The summed E-state index contributed by atoms with van der Waals surface area (Å²) in [5.74, 6) is 1.28. The molecule has 6 nitrogen and oxygen atoms in total. The first-order valence-electron chi connectivity index (χ1n) is 9.09. The topological polar surface area (TPSA) is 62.7 Å². The van der Waals surface area contributed by atoms with Crippen LogP contribution in [-0.4, -0.2) is 69.4 Å². The standard InChI is InChI=1S/C19H21N3O3S/c23-17(21-6-8-26-9-7-21)15-14-3-4-19(25-14)12-22(18(24)16(15)19)11-13-2-1-5-20-10-13/h1-5,10,14-16H,6-9,11-12H2/t14-,15?,16?,19-/m1/s1. The van der Waals surface area contributed by atoms with E-state index in [1.165, 1.54) is 0 Å². The van der Waals surface area contributed by atoms with Crippen LogP contribution in [0.15, 0.2) is 36.7 Å². The van der Waals surface area contributed by atoms with Gasteiger partial charge in [0.25, 0.3) is 0 Å². The molecule has 2 bridgehead atoms. The fourth-order valence-electron chi connectivity index (χ4n) is 4.70. The second-order valence-electron chi connectivity index (χ2n) is 7.39. The van der Waals surface area contributed by atoms with Gasteiger partial charge in [0.2, 0.25) is 11.8 Å². The van der Waals surface area contributed by atoms with E-state index in [-0.39, 0.29) is 23.8 Å². The minimum absolute atomic E-state index is 0.0328. The van der Waals surface area contributed by atoms with Crippen molar-refractivity contribution in [3.63, 3.8) is 0 Å². The van der Waals surface area contributed by atoms with Gasteiger partial charge in [-0.2, -0.15) is 11.8 Å². The number of ether oxygens (including phenoxy) is 1. The van der Waals surface area contributed by atoms with Gasteiger partial charge in [-0.15, -0.1) is 0 Å². The first kappa shape index (κ1) is 16.3. The summed E-state index contributed by atoms with van der Waals surface area (Å²) >= 11 is 1.87. The van der Waals surface area contributed by atoms with E-state index >= 15 is 0 Å². The molecule has 0 saturated carbocycles. The first-order chi connectivity index (χ1) is 12.7. The van der Waals surface area contributed by atoms with Crippen molar-refractivity contribution in [1.29, 1.82) is 0 Å². The number of carbonyl (C=O) groups excluding carboxylic acids is 2. The summed E-state index contributed by atoms with van der Waals surface area (Å²) < 4.78 is 6.20. The maximum Gasteiger partial charge on any atom is 0.230 e. The third-order valence-corrected chi connectivity index (χ3v) is 6.83. The monoisotopic (exact) mass is 371 g/mol. The van der Waals surface area contributed by atoms with Crippen LogP contribution in [0.25, 0.3) is 0 Å². The Bertz CT molecular complexity index is 765. The van der Waals surface area contributed by atoms with E-state index in [2.05, 4.69) is 4.98 Å². The molecule has 0 radical (unpaired) electrons. The van der Waals surface area contributed by atoms with E-state index in [4.69, 9.17) is 4.74 Å². The summed E-state index contributed by atoms with van der Waals surface area (Å²) in [5, 5.41) is 0. The molecule has 7 heteroatoms. The molecule has 26 heavy (non-hydrogen) atoms. The van der Waals surface area contributed by atoms with Gasteiger partial charge in [-0.25, -0.2) is 0 Å². The summed E-state index contributed by atoms with van der Waals surface area (Å²) in [7, 11) is 0. The van der Waals surface area contributed by atoms with Crippen LogP contribution in [-0.2, 0) is 20.9 Å². The van der Waals surface area contributed by atoms with Gasteiger partial charge in [0.15, 0.2) is 0 Å². The molecule has 1 spiro atoms. The zero-order chi connectivity index (χ0) is 17.7. The summed E-state index contributed by atoms with van der Waals surface area (Å²) in [6.07, 6.45) is 7.24. The van der Waals surface area contributed by atoms with Gasteiger partial charge in [0, 0.05) is 43.5 Å². The number of nitrogens with zero attached hydrogens (tertiary/aromatic N) is 3. The highest BCUT2D eigenvalue weighted by molar-refractivity contribution is 7.99. The van der Waals surface area contributed by atoms with Crippen LogP contribution in [0.2, 0.25) is 0 Å². The Kier molecular flexibility index (Phi) is 3.83. The molecular weight excluding hydrogens is 350 g/mol. The van der Waals surface area contributed by atoms with Crippen LogP contribution in [0.1, 0.15) is 5.56 Å². The molecule has 0 aromatic carbocycles. The molecule has 1 aromatic heterocycles. The zero-order valence-corrected chi connectivity index (χ0v) is 15.2. The van der Waals surface area contributed by atoms with Gasteiger partial charge in [-0.05, 0) is 11.6 Å². The smallest absolute Gasteiger partial charge is 0.230 e. The second-order valence-corrected chi connectivity index (χ2v) is 8.62.